The van der Waals surface area contributed by atoms with Gasteiger partial charge in [0.2, 0.25) is 0 Å². The highest BCUT2D eigenvalue weighted by Crippen LogP contribution is 2.32. The number of piperidine rings is 1. The van der Waals surface area contributed by atoms with Crippen molar-refractivity contribution in [2.75, 3.05) is 19.6 Å². The summed E-state index contributed by atoms with van der Waals surface area (Å²) in [4.78, 5) is 15.4. The number of carbonyl (C=O) groups excluding carboxylic acids is 1. The maximum atomic E-state index is 12.9. The van der Waals surface area contributed by atoms with Crippen LogP contribution >= 0.6 is 0 Å². The SMILES string of the molecule is CC(C)n1cc2cccc(C(=O)CCC3CCN(CC4(O)CCCC4)CC3)c2n1. The van der Waals surface area contributed by atoms with Crippen molar-refractivity contribution in [3.63, 3.8) is 0 Å². The van der Waals surface area contributed by atoms with E-state index in [1.165, 1.54) is 0 Å². The number of hydrogen-bond donors (Lipinski definition) is 1. The molecule has 1 aliphatic carbocycles. The van der Waals surface area contributed by atoms with Crippen LogP contribution in [0.5, 0.6) is 0 Å². The van der Waals surface area contributed by atoms with Crippen LogP contribution in [-0.2, 0) is 0 Å². The molecule has 158 valence electrons. The molecule has 1 N–H and O–H groups in total. The van der Waals surface area contributed by atoms with E-state index < -0.39 is 5.60 Å². The molecule has 29 heavy (non-hydrogen) atoms. The average Bonchev–Trinajstić information content (AvgIpc) is 3.33. The zero-order valence-electron chi connectivity index (χ0n) is 17.9. The largest absolute Gasteiger partial charge is 0.389 e. The average molecular weight is 398 g/mol. The van der Waals surface area contributed by atoms with Crippen LogP contribution in [0.4, 0.5) is 0 Å². The third-order valence-corrected chi connectivity index (χ3v) is 6.92. The van der Waals surface area contributed by atoms with Crippen LogP contribution in [0, 0.1) is 5.92 Å². The first-order chi connectivity index (χ1) is 13.9. The number of benzene rings is 1. The lowest BCUT2D eigenvalue weighted by Crippen LogP contribution is -2.44. The number of aromatic nitrogens is 2. The van der Waals surface area contributed by atoms with Gasteiger partial charge >= 0.3 is 0 Å². The topological polar surface area (TPSA) is 58.4 Å². The summed E-state index contributed by atoms with van der Waals surface area (Å²) in [6, 6.07) is 6.21. The van der Waals surface area contributed by atoms with E-state index in [-0.39, 0.29) is 11.8 Å². The Hall–Kier alpha value is -1.72. The van der Waals surface area contributed by atoms with E-state index in [9.17, 15) is 9.90 Å². The molecule has 2 aromatic rings. The van der Waals surface area contributed by atoms with Gasteiger partial charge in [0.1, 0.15) is 5.52 Å². The van der Waals surface area contributed by atoms with Crippen LogP contribution in [0.15, 0.2) is 24.4 Å². The Kier molecular flexibility index (Phi) is 6.07. The fraction of sp³-hybridized carbons (Fsp3) is 0.667. The highest BCUT2D eigenvalue weighted by Gasteiger charge is 2.34. The fourth-order valence-corrected chi connectivity index (χ4v) is 5.06. The predicted molar refractivity (Wildman–Crippen MR) is 116 cm³/mol. The number of nitrogens with zero attached hydrogens (tertiary/aromatic N) is 3. The Balaban J connectivity index is 1.30. The van der Waals surface area contributed by atoms with Crippen molar-refractivity contribution in [1.29, 1.82) is 0 Å². The summed E-state index contributed by atoms with van der Waals surface area (Å²) in [5.74, 6) is 0.827. The standard InChI is InChI=1S/C24H35N3O2/c1-18(2)27-16-20-6-5-7-21(23(20)25-27)22(28)9-8-19-10-14-26(15-11-19)17-24(29)12-3-4-13-24/h5-7,16,18-19,29H,3-4,8-15,17H2,1-2H3. The summed E-state index contributed by atoms with van der Waals surface area (Å²) in [5.41, 5.74) is 1.16. The quantitative estimate of drug-likeness (QED) is 0.694. The van der Waals surface area contributed by atoms with E-state index in [4.69, 9.17) is 0 Å². The molecule has 1 aromatic carbocycles. The molecule has 2 heterocycles. The molecule has 2 fully saturated rings. The molecule has 0 unspecified atom stereocenters. The molecule has 1 saturated heterocycles. The summed E-state index contributed by atoms with van der Waals surface area (Å²) in [7, 11) is 0. The molecule has 5 heteroatoms. The van der Waals surface area contributed by atoms with Gasteiger partial charge in [-0.15, -0.1) is 0 Å². The van der Waals surface area contributed by atoms with Gasteiger partial charge in [-0.2, -0.15) is 5.10 Å². The second-order valence-electron chi connectivity index (χ2n) is 9.56. The van der Waals surface area contributed by atoms with E-state index in [1.54, 1.807) is 0 Å². The normalized spacial score (nSPS) is 20.7. The number of fused-ring (bicyclic) bond motifs is 1. The zero-order chi connectivity index (χ0) is 20.4. The number of rotatable bonds is 7. The van der Waals surface area contributed by atoms with Gasteiger partial charge in [0.05, 0.1) is 5.60 Å². The van der Waals surface area contributed by atoms with Crippen molar-refractivity contribution in [2.24, 2.45) is 5.92 Å². The molecule has 1 aliphatic heterocycles. The van der Waals surface area contributed by atoms with Gasteiger partial charge < -0.3 is 10.0 Å². The molecule has 0 amide bonds. The highest BCUT2D eigenvalue weighted by molar-refractivity contribution is 6.06. The molecule has 1 saturated carbocycles. The third-order valence-electron chi connectivity index (χ3n) is 6.92. The number of β-amino-alcohol motifs (C(OH)–C–C–N with tert-alkyl or cyclic N) is 1. The number of likely N-dealkylation sites (tertiary alicyclic amines) is 1. The number of ketones is 1. The second-order valence-corrected chi connectivity index (χ2v) is 9.56. The number of Topliss-reactive ketones (excluding diaryl/α,β-unsaturated/α-hetero) is 1. The van der Waals surface area contributed by atoms with E-state index in [0.29, 0.717) is 12.3 Å². The summed E-state index contributed by atoms with van der Waals surface area (Å²) in [6.45, 7) is 7.14. The minimum Gasteiger partial charge on any atom is -0.389 e. The van der Waals surface area contributed by atoms with Crippen LogP contribution in [0.2, 0.25) is 0 Å². The van der Waals surface area contributed by atoms with Gasteiger partial charge in [-0.05, 0) is 71.0 Å². The Labute approximate surface area is 174 Å². The van der Waals surface area contributed by atoms with Crippen LogP contribution in [0.1, 0.15) is 81.6 Å². The van der Waals surface area contributed by atoms with Gasteiger partial charge in [0, 0.05) is 36.2 Å². The lowest BCUT2D eigenvalue weighted by molar-refractivity contribution is -0.000180. The van der Waals surface area contributed by atoms with E-state index >= 15 is 0 Å². The summed E-state index contributed by atoms with van der Waals surface area (Å²) < 4.78 is 1.94. The van der Waals surface area contributed by atoms with Crippen molar-refractivity contribution in [3.05, 3.63) is 30.0 Å². The van der Waals surface area contributed by atoms with Crippen molar-refractivity contribution in [2.45, 2.75) is 76.9 Å². The maximum absolute atomic E-state index is 12.9. The Morgan fingerprint density at radius 2 is 1.97 bits per heavy atom. The highest BCUT2D eigenvalue weighted by atomic mass is 16.3. The molecule has 0 bridgehead atoms. The van der Waals surface area contributed by atoms with Gasteiger partial charge in [0.25, 0.3) is 0 Å². The Morgan fingerprint density at radius 1 is 1.24 bits per heavy atom. The van der Waals surface area contributed by atoms with Gasteiger partial charge in [-0.1, -0.05) is 25.0 Å². The number of hydrogen-bond acceptors (Lipinski definition) is 4. The molecule has 0 radical (unpaired) electrons. The van der Waals surface area contributed by atoms with Crippen molar-refractivity contribution in [3.8, 4) is 0 Å². The second kappa shape index (κ2) is 8.57. The molecular weight excluding hydrogens is 362 g/mol. The molecular formula is C24H35N3O2. The molecule has 0 spiro atoms. The minimum absolute atomic E-state index is 0.215. The van der Waals surface area contributed by atoms with Gasteiger partial charge in [-0.3, -0.25) is 9.48 Å². The zero-order valence-corrected chi connectivity index (χ0v) is 17.9. The number of carbonyl (C=O) groups is 1. The smallest absolute Gasteiger partial charge is 0.165 e. The van der Waals surface area contributed by atoms with E-state index in [2.05, 4.69) is 23.8 Å². The lowest BCUT2D eigenvalue weighted by atomic mass is 9.89. The molecule has 0 atom stereocenters. The first-order valence-corrected chi connectivity index (χ1v) is 11.4. The third kappa shape index (κ3) is 4.72. The minimum atomic E-state index is -0.444. The number of aliphatic hydroxyl groups is 1. The summed E-state index contributed by atoms with van der Waals surface area (Å²) in [6.07, 6.45) is 10.1. The molecule has 4 rings (SSSR count). The van der Waals surface area contributed by atoms with Crippen LogP contribution in [0.25, 0.3) is 10.9 Å². The lowest BCUT2D eigenvalue weighted by Gasteiger charge is -2.36. The van der Waals surface area contributed by atoms with Gasteiger partial charge in [0.15, 0.2) is 5.78 Å². The van der Waals surface area contributed by atoms with Crippen molar-refractivity contribution < 1.29 is 9.90 Å². The van der Waals surface area contributed by atoms with Crippen LogP contribution < -0.4 is 0 Å². The fourth-order valence-electron chi connectivity index (χ4n) is 5.06. The van der Waals surface area contributed by atoms with Crippen LogP contribution in [0.3, 0.4) is 0 Å². The monoisotopic (exact) mass is 397 g/mol. The molecule has 1 aromatic heterocycles. The van der Waals surface area contributed by atoms with Crippen LogP contribution in [-0.4, -0.2) is 50.8 Å². The Bertz CT molecular complexity index is 843. The maximum Gasteiger partial charge on any atom is 0.165 e. The van der Waals surface area contributed by atoms with Crippen molar-refractivity contribution >= 4 is 16.7 Å². The van der Waals surface area contributed by atoms with Crippen molar-refractivity contribution in [1.82, 2.24) is 14.7 Å². The predicted octanol–water partition coefficient (Wildman–Crippen LogP) is 4.60. The Morgan fingerprint density at radius 3 is 2.66 bits per heavy atom. The summed E-state index contributed by atoms with van der Waals surface area (Å²) in [5, 5.41) is 16.3. The first kappa shape index (κ1) is 20.5. The molecule has 5 nitrogen and oxygen atoms in total. The van der Waals surface area contributed by atoms with E-state index in [1.807, 2.05) is 29.1 Å². The summed E-state index contributed by atoms with van der Waals surface area (Å²) >= 11 is 0. The van der Waals surface area contributed by atoms with E-state index in [0.717, 1.165) is 81.0 Å². The first-order valence-electron chi connectivity index (χ1n) is 11.4. The molecule has 2 aliphatic rings. The van der Waals surface area contributed by atoms with Gasteiger partial charge in [-0.25, -0.2) is 0 Å².